The summed E-state index contributed by atoms with van der Waals surface area (Å²) < 4.78 is 1.20. The fourth-order valence-corrected chi connectivity index (χ4v) is 1.64. The Bertz CT molecular complexity index is 583. The third-order valence-corrected chi connectivity index (χ3v) is 3.34. The molecule has 0 radical (unpaired) electrons. The van der Waals surface area contributed by atoms with E-state index in [2.05, 4.69) is 82.4 Å². The Hall–Kier alpha value is -1.87. The third kappa shape index (κ3) is 34.1. The van der Waals surface area contributed by atoms with Gasteiger partial charge in [-0.3, -0.25) is 0 Å². The molecule has 0 amide bonds. The Labute approximate surface area is 189 Å². The Morgan fingerprint density at radius 3 is 1.48 bits per heavy atom. The number of rotatable bonds is 2. The molecule has 3 heteroatoms. The van der Waals surface area contributed by atoms with Gasteiger partial charge in [0.05, 0.1) is 0 Å². The van der Waals surface area contributed by atoms with Crippen LogP contribution in [0.3, 0.4) is 0 Å². The van der Waals surface area contributed by atoms with Crippen molar-refractivity contribution in [3.8, 4) is 0 Å². The highest BCUT2D eigenvalue weighted by Gasteiger charge is 1.96. The molecule has 0 bridgehead atoms. The van der Waals surface area contributed by atoms with E-state index in [9.17, 15) is 4.79 Å². The summed E-state index contributed by atoms with van der Waals surface area (Å²) in [4.78, 5) is 9.44. The van der Waals surface area contributed by atoms with Gasteiger partial charge in [-0.2, -0.15) is 0 Å². The first kappa shape index (κ1) is 34.6. The van der Waals surface area contributed by atoms with Gasteiger partial charge in [-0.15, -0.1) is 6.58 Å². The van der Waals surface area contributed by atoms with Crippen LogP contribution in [0.15, 0.2) is 65.4 Å². The van der Waals surface area contributed by atoms with Crippen LogP contribution in [0.25, 0.3) is 0 Å². The van der Waals surface area contributed by atoms with Gasteiger partial charge in [0.2, 0.25) is 0 Å². The molecule has 0 fully saturated rings. The highest BCUT2D eigenvalue weighted by molar-refractivity contribution is 9.10. The van der Waals surface area contributed by atoms with Crippen molar-refractivity contribution < 1.29 is 9.90 Å². The van der Waals surface area contributed by atoms with E-state index in [1.165, 1.54) is 59.2 Å². The molecule has 0 aliphatic heterocycles. The number of hydrogen-bond acceptors (Lipinski definition) is 2. The fourth-order valence-electron chi connectivity index (χ4n) is 1.18. The van der Waals surface area contributed by atoms with Crippen molar-refractivity contribution in [1.82, 2.24) is 0 Å². The van der Waals surface area contributed by atoms with Gasteiger partial charge in [-0.25, -0.2) is 0 Å². The molecular weight excluding hydrogens is 424 g/mol. The van der Waals surface area contributed by atoms with Crippen molar-refractivity contribution in [2.75, 3.05) is 0 Å². The number of allylic oxidation sites excluding steroid dienone is 4. The molecule has 0 unspecified atom stereocenters. The minimum atomic E-state index is 0.167. The van der Waals surface area contributed by atoms with Crippen LogP contribution >= 0.6 is 15.9 Å². The first-order chi connectivity index (χ1) is 13.2. The van der Waals surface area contributed by atoms with Gasteiger partial charge in [0.15, 0.2) is 0 Å². The molecule has 0 heterocycles. The predicted molar refractivity (Wildman–Crippen MR) is 137 cm³/mol. The van der Waals surface area contributed by atoms with Gasteiger partial charge >= 0.3 is 0 Å². The summed E-state index contributed by atoms with van der Waals surface area (Å²) in [5, 5.41) is 8.82. The molecule has 1 aromatic carbocycles. The fraction of sp³-hybridized carbons (Fsp3) is 0.423. The minimum Gasteiger partial charge on any atom is -0.508 e. The topological polar surface area (TPSA) is 37.3 Å². The van der Waals surface area contributed by atoms with Gasteiger partial charge < -0.3 is 9.90 Å². The van der Waals surface area contributed by atoms with E-state index >= 15 is 0 Å². The number of hydrogen-bond donors (Lipinski definition) is 1. The number of aliphatic hydroxyl groups is 1. The van der Waals surface area contributed by atoms with Gasteiger partial charge in [0.25, 0.3) is 0 Å². The van der Waals surface area contributed by atoms with E-state index in [0.29, 0.717) is 5.57 Å². The summed E-state index contributed by atoms with van der Waals surface area (Å²) in [6, 6.07) is 4.35. The zero-order chi connectivity index (χ0) is 24.2. The van der Waals surface area contributed by atoms with Crippen molar-refractivity contribution in [2.45, 2.75) is 75.7 Å². The maximum atomic E-state index is 9.44. The zero-order valence-corrected chi connectivity index (χ0v) is 22.0. The number of aliphatic hydroxyl groups excluding tert-OH is 1. The van der Waals surface area contributed by atoms with Gasteiger partial charge in [-0.05, 0) is 89.8 Å². The average Bonchev–Trinajstić information content (AvgIpc) is 2.53. The lowest BCUT2D eigenvalue weighted by atomic mass is 10.1. The molecule has 0 saturated heterocycles. The zero-order valence-electron chi connectivity index (χ0n) is 20.4. The molecule has 1 aromatic rings. The number of halogens is 1. The van der Waals surface area contributed by atoms with E-state index < -0.39 is 0 Å². The Morgan fingerprint density at radius 2 is 1.28 bits per heavy atom. The second-order valence-electron chi connectivity index (χ2n) is 7.08. The first-order valence-electron chi connectivity index (χ1n) is 9.67. The summed E-state index contributed by atoms with van der Waals surface area (Å²) in [6.07, 6.45) is 4.27. The molecule has 1 N–H and O–H groups in total. The molecule has 0 atom stereocenters. The van der Waals surface area contributed by atoms with Crippen LogP contribution in [-0.2, 0) is 4.79 Å². The molecule has 166 valence electrons. The van der Waals surface area contributed by atoms with Crippen LogP contribution in [0.2, 0.25) is 0 Å². The van der Waals surface area contributed by atoms with E-state index in [1.54, 1.807) is 6.92 Å². The van der Waals surface area contributed by atoms with Crippen molar-refractivity contribution in [3.63, 3.8) is 0 Å². The largest absolute Gasteiger partial charge is 0.508 e. The number of benzene rings is 1. The van der Waals surface area contributed by atoms with Crippen molar-refractivity contribution in [3.05, 3.63) is 82.1 Å². The Kier molecular flexibility index (Phi) is 26.8. The SMILES string of the molecule is C=C(C)C.C=C/C=C(/O)C(=C)C.CC(C)=O.CCC.Cc1cc(C)c(Br)cc1C. The second kappa shape index (κ2) is 22.4. The molecule has 0 aromatic heterocycles. The normalized spacial score (nSPS) is 8.86. The monoisotopic (exact) mass is 466 g/mol. The van der Waals surface area contributed by atoms with Crippen molar-refractivity contribution >= 4 is 21.7 Å². The van der Waals surface area contributed by atoms with E-state index in [-0.39, 0.29) is 11.5 Å². The predicted octanol–water partition coefficient (Wildman–Crippen LogP) is 9.16. The highest BCUT2D eigenvalue weighted by Crippen LogP contribution is 2.19. The quantitative estimate of drug-likeness (QED) is 0.267. The molecular formula is C26H43BrO2. The molecule has 0 aliphatic rings. The molecule has 29 heavy (non-hydrogen) atoms. The number of ketones is 1. The first-order valence-corrected chi connectivity index (χ1v) is 10.5. The molecule has 2 nitrogen and oxygen atoms in total. The van der Waals surface area contributed by atoms with E-state index in [0.717, 1.165) is 0 Å². The number of aryl methyl sites for hydroxylation is 3. The maximum Gasteiger partial charge on any atom is 0.126 e. The van der Waals surface area contributed by atoms with Crippen LogP contribution in [0.1, 0.15) is 71.6 Å². The third-order valence-electron chi connectivity index (χ3n) is 2.49. The minimum absolute atomic E-state index is 0.167. The molecule has 0 spiro atoms. The molecule has 0 aliphatic carbocycles. The molecule has 0 saturated carbocycles. The van der Waals surface area contributed by atoms with Crippen LogP contribution in [0.5, 0.6) is 0 Å². The van der Waals surface area contributed by atoms with Crippen molar-refractivity contribution in [2.24, 2.45) is 0 Å². The van der Waals surface area contributed by atoms with Crippen LogP contribution < -0.4 is 0 Å². The summed E-state index contributed by atoms with van der Waals surface area (Å²) in [6.45, 7) is 29.8. The van der Waals surface area contributed by atoms with Gasteiger partial charge in [0.1, 0.15) is 11.5 Å². The average molecular weight is 468 g/mol. The van der Waals surface area contributed by atoms with Crippen LogP contribution in [-0.4, -0.2) is 10.9 Å². The lowest BCUT2D eigenvalue weighted by Crippen LogP contribution is -1.83. The molecule has 1 rings (SSSR count). The van der Waals surface area contributed by atoms with E-state index in [1.807, 2.05) is 13.8 Å². The Balaban J connectivity index is -0.000000147. The summed E-state index contributed by atoms with van der Waals surface area (Å²) >= 11 is 3.48. The number of carbonyl (C=O) groups is 1. The summed E-state index contributed by atoms with van der Waals surface area (Å²) in [5.41, 5.74) is 5.84. The van der Waals surface area contributed by atoms with Crippen molar-refractivity contribution in [1.29, 1.82) is 0 Å². The lowest BCUT2D eigenvalue weighted by molar-refractivity contribution is -0.114. The summed E-state index contributed by atoms with van der Waals surface area (Å²) in [5.74, 6) is 0.361. The number of Topliss-reactive ketones (excluding diaryl/α,β-unsaturated/α-hetero) is 1. The Morgan fingerprint density at radius 1 is 0.966 bits per heavy atom. The van der Waals surface area contributed by atoms with Gasteiger partial charge in [-0.1, -0.05) is 67.1 Å². The smallest absolute Gasteiger partial charge is 0.126 e. The van der Waals surface area contributed by atoms with E-state index in [4.69, 9.17) is 5.11 Å². The lowest BCUT2D eigenvalue weighted by Gasteiger charge is -2.02. The summed E-state index contributed by atoms with van der Waals surface area (Å²) in [7, 11) is 0. The maximum absolute atomic E-state index is 9.44. The second-order valence-corrected chi connectivity index (χ2v) is 7.93. The highest BCUT2D eigenvalue weighted by atomic mass is 79.9. The number of carbonyl (C=O) groups excluding carboxylic acids is 1. The standard InChI is InChI=1S/C9H11Br.C7H10O.C4H8.C3H6O.C3H8/c1-6-4-8(3)9(10)5-7(6)2;1-4-5-7(8)6(2)3;1-4(2)3;1-3(2)4;1-3-2/h4-5H,1-3H3;4-5,8H,1-2H2,3H3;1H2,2-3H3;1-2H3;3H2,1-2H3/b;7-5+;;;. The van der Waals surface area contributed by atoms with Crippen LogP contribution in [0, 0.1) is 20.8 Å². The van der Waals surface area contributed by atoms with Gasteiger partial charge in [0, 0.05) is 4.47 Å². The van der Waals surface area contributed by atoms with Crippen LogP contribution in [0.4, 0.5) is 0 Å².